The van der Waals surface area contributed by atoms with Gasteiger partial charge in [-0.05, 0) is 18.8 Å². The summed E-state index contributed by atoms with van der Waals surface area (Å²) in [7, 11) is 0. The Kier molecular flexibility index (Phi) is 4.02. The standard InChI is InChI=1S/C14H21N3O2/c1-10(2)11-7-12(17-9-16-11)15-8-14(13(18)19)5-3-4-6-14/h7,9-10H,3-6,8H2,1-2H3,(H,18,19)(H,15,16,17). The van der Waals surface area contributed by atoms with Crippen molar-refractivity contribution in [1.82, 2.24) is 9.97 Å². The highest BCUT2D eigenvalue weighted by molar-refractivity contribution is 5.75. The van der Waals surface area contributed by atoms with Gasteiger partial charge in [0.15, 0.2) is 0 Å². The van der Waals surface area contributed by atoms with Gasteiger partial charge in [-0.2, -0.15) is 0 Å². The van der Waals surface area contributed by atoms with Crippen LogP contribution in [0.5, 0.6) is 0 Å². The minimum Gasteiger partial charge on any atom is -0.481 e. The second-order valence-corrected chi connectivity index (χ2v) is 5.63. The number of rotatable bonds is 5. The van der Waals surface area contributed by atoms with E-state index in [0.29, 0.717) is 18.3 Å². The number of hydrogen-bond donors (Lipinski definition) is 2. The average molecular weight is 263 g/mol. The summed E-state index contributed by atoms with van der Waals surface area (Å²) in [5.74, 6) is 0.352. The topological polar surface area (TPSA) is 75.1 Å². The number of hydrogen-bond acceptors (Lipinski definition) is 4. The highest BCUT2D eigenvalue weighted by Crippen LogP contribution is 2.38. The maximum absolute atomic E-state index is 11.4. The minimum atomic E-state index is -0.698. The van der Waals surface area contributed by atoms with Gasteiger partial charge in [0, 0.05) is 18.3 Å². The van der Waals surface area contributed by atoms with Crippen LogP contribution in [0.4, 0.5) is 5.82 Å². The Bertz CT molecular complexity index is 454. The summed E-state index contributed by atoms with van der Waals surface area (Å²) >= 11 is 0. The molecule has 5 nitrogen and oxygen atoms in total. The predicted molar refractivity (Wildman–Crippen MR) is 73.1 cm³/mol. The molecule has 0 amide bonds. The number of carboxylic acids is 1. The molecule has 1 heterocycles. The van der Waals surface area contributed by atoms with E-state index in [-0.39, 0.29) is 0 Å². The van der Waals surface area contributed by atoms with Crippen molar-refractivity contribution in [2.24, 2.45) is 5.41 Å². The third kappa shape index (κ3) is 3.03. The van der Waals surface area contributed by atoms with Crippen LogP contribution in [0, 0.1) is 5.41 Å². The Morgan fingerprint density at radius 2 is 2.11 bits per heavy atom. The first-order valence-electron chi connectivity index (χ1n) is 6.83. The number of nitrogens with zero attached hydrogens (tertiary/aromatic N) is 2. The van der Waals surface area contributed by atoms with Gasteiger partial charge in [0.25, 0.3) is 0 Å². The molecular formula is C14H21N3O2. The lowest BCUT2D eigenvalue weighted by atomic mass is 9.86. The van der Waals surface area contributed by atoms with Crippen molar-refractivity contribution in [1.29, 1.82) is 0 Å². The molecule has 0 radical (unpaired) electrons. The monoisotopic (exact) mass is 263 g/mol. The second-order valence-electron chi connectivity index (χ2n) is 5.63. The first-order chi connectivity index (χ1) is 9.03. The van der Waals surface area contributed by atoms with Gasteiger partial charge in [0.2, 0.25) is 0 Å². The molecule has 0 aliphatic heterocycles. The van der Waals surface area contributed by atoms with Crippen LogP contribution in [0.3, 0.4) is 0 Å². The summed E-state index contributed by atoms with van der Waals surface area (Å²) in [6.07, 6.45) is 5.01. The maximum Gasteiger partial charge on any atom is 0.311 e. The van der Waals surface area contributed by atoms with Crippen LogP contribution in [0.2, 0.25) is 0 Å². The fourth-order valence-corrected chi connectivity index (χ4v) is 2.56. The van der Waals surface area contributed by atoms with Gasteiger partial charge >= 0.3 is 5.97 Å². The zero-order valence-corrected chi connectivity index (χ0v) is 11.5. The predicted octanol–water partition coefficient (Wildman–Crippen LogP) is 2.66. The van der Waals surface area contributed by atoms with Gasteiger partial charge in [-0.15, -0.1) is 0 Å². The first kappa shape index (κ1) is 13.8. The highest BCUT2D eigenvalue weighted by Gasteiger charge is 2.41. The molecule has 2 rings (SSSR count). The van der Waals surface area contributed by atoms with E-state index in [1.165, 1.54) is 6.33 Å². The summed E-state index contributed by atoms with van der Waals surface area (Å²) in [5.41, 5.74) is 0.344. The lowest BCUT2D eigenvalue weighted by Gasteiger charge is -2.24. The SMILES string of the molecule is CC(C)c1cc(NCC2(C(=O)O)CCCC2)ncn1. The summed E-state index contributed by atoms with van der Waals surface area (Å²) in [4.78, 5) is 19.8. The van der Waals surface area contributed by atoms with E-state index in [9.17, 15) is 9.90 Å². The zero-order valence-electron chi connectivity index (χ0n) is 11.5. The van der Waals surface area contributed by atoms with Crippen molar-refractivity contribution in [3.8, 4) is 0 Å². The molecule has 1 aromatic rings. The van der Waals surface area contributed by atoms with E-state index in [1.807, 2.05) is 6.07 Å². The zero-order chi connectivity index (χ0) is 13.9. The van der Waals surface area contributed by atoms with Crippen molar-refractivity contribution in [3.05, 3.63) is 18.1 Å². The van der Waals surface area contributed by atoms with Crippen LogP contribution in [-0.2, 0) is 4.79 Å². The second kappa shape index (κ2) is 5.55. The molecule has 5 heteroatoms. The van der Waals surface area contributed by atoms with Crippen LogP contribution in [-0.4, -0.2) is 27.6 Å². The molecular weight excluding hydrogens is 242 g/mol. The number of aliphatic carboxylic acids is 1. The van der Waals surface area contributed by atoms with Gasteiger partial charge in [0.05, 0.1) is 5.41 Å². The van der Waals surface area contributed by atoms with Crippen molar-refractivity contribution >= 4 is 11.8 Å². The summed E-state index contributed by atoms with van der Waals surface area (Å²) in [6.45, 7) is 4.58. The van der Waals surface area contributed by atoms with Crippen molar-refractivity contribution in [3.63, 3.8) is 0 Å². The van der Waals surface area contributed by atoms with Gasteiger partial charge in [-0.1, -0.05) is 26.7 Å². The molecule has 1 aliphatic carbocycles. The van der Waals surface area contributed by atoms with Crippen LogP contribution in [0.25, 0.3) is 0 Å². The third-order valence-electron chi connectivity index (χ3n) is 3.90. The van der Waals surface area contributed by atoms with Crippen molar-refractivity contribution in [2.75, 3.05) is 11.9 Å². The van der Waals surface area contributed by atoms with Gasteiger partial charge < -0.3 is 10.4 Å². The molecule has 104 valence electrons. The number of anilines is 1. The fourth-order valence-electron chi connectivity index (χ4n) is 2.56. The van der Waals surface area contributed by atoms with Gasteiger partial charge in [-0.25, -0.2) is 9.97 Å². The van der Waals surface area contributed by atoms with Crippen LogP contribution < -0.4 is 5.32 Å². The summed E-state index contributed by atoms with van der Waals surface area (Å²) in [5, 5.41) is 12.6. The molecule has 0 spiro atoms. The highest BCUT2D eigenvalue weighted by atomic mass is 16.4. The molecule has 2 N–H and O–H groups in total. The summed E-state index contributed by atoms with van der Waals surface area (Å²) in [6, 6.07) is 1.90. The minimum absolute atomic E-state index is 0.337. The van der Waals surface area contributed by atoms with E-state index in [4.69, 9.17) is 0 Å². The smallest absolute Gasteiger partial charge is 0.311 e. The van der Waals surface area contributed by atoms with Gasteiger partial charge in [0.1, 0.15) is 12.1 Å². The van der Waals surface area contributed by atoms with Crippen LogP contribution >= 0.6 is 0 Å². The van der Waals surface area contributed by atoms with Crippen molar-refractivity contribution in [2.45, 2.75) is 45.4 Å². The third-order valence-corrected chi connectivity index (χ3v) is 3.90. The molecule has 1 aliphatic rings. The average Bonchev–Trinajstić information content (AvgIpc) is 2.87. The molecule has 0 unspecified atom stereocenters. The Morgan fingerprint density at radius 1 is 1.42 bits per heavy atom. The lowest BCUT2D eigenvalue weighted by Crippen LogP contribution is -2.35. The van der Waals surface area contributed by atoms with E-state index in [2.05, 4.69) is 29.1 Å². The number of carbonyl (C=O) groups is 1. The van der Waals surface area contributed by atoms with Gasteiger partial charge in [-0.3, -0.25) is 4.79 Å². The quantitative estimate of drug-likeness (QED) is 0.854. The fraction of sp³-hybridized carbons (Fsp3) is 0.643. The Balaban J connectivity index is 2.05. The molecule has 1 aromatic heterocycles. The van der Waals surface area contributed by atoms with E-state index in [1.54, 1.807) is 0 Å². The number of nitrogens with one attached hydrogen (secondary N) is 1. The van der Waals surface area contributed by atoms with E-state index < -0.39 is 11.4 Å². The van der Waals surface area contributed by atoms with E-state index >= 15 is 0 Å². The Labute approximate surface area is 113 Å². The molecule has 0 bridgehead atoms. The Morgan fingerprint density at radius 3 is 2.68 bits per heavy atom. The first-order valence-corrected chi connectivity index (χ1v) is 6.83. The van der Waals surface area contributed by atoms with Crippen LogP contribution in [0.15, 0.2) is 12.4 Å². The Hall–Kier alpha value is -1.65. The summed E-state index contributed by atoms with van der Waals surface area (Å²) < 4.78 is 0. The number of aromatic nitrogens is 2. The molecule has 0 saturated heterocycles. The lowest BCUT2D eigenvalue weighted by molar-refractivity contribution is -0.147. The molecule has 1 saturated carbocycles. The molecule has 19 heavy (non-hydrogen) atoms. The normalized spacial score (nSPS) is 17.6. The molecule has 0 aromatic carbocycles. The maximum atomic E-state index is 11.4. The molecule has 1 fully saturated rings. The van der Waals surface area contributed by atoms with Crippen LogP contribution in [0.1, 0.15) is 51.1 Å². The largest absolute Gasteiger partial charge is 0.481 e. The molecule has 0 atom stereocenters. The number of carboxylic acid groups (broad SMARTS) is 1. The van der Waals surface area contributed by atoms with E-state index in [0.717, 1.165) is 31.4 Å². The van der Waals surface area contributed by atoms with Crippen molar-refractivity contribution < 1.29 is 9.90 Å².